The second-order valence-electron chi connectivity index (χ2n) is 5.51. The van der Waals surface area contributed by atoms with Crippen LogP contribution in [0, 0.1) is 5.82 Å². The van der Waals surface area contributed by atoms with Gasteiger partial charge in [-0.2, -0.15) is 0 Å². The van der Waals surface area contributed by atoms with Crippen molar-refractivity contribution in [3.63, 3.8) is 0 Å². The molecule has 8 heteroatoms. The van der Waals surface area contributed by atoms with E-state index in [0.717, 1.165) is 0 Å². The van der Waals surface area contributed by atoms with Gasteiger partial charge in [-0.3, -0.25) is 9.97 Å². The summed E-state index contributed by atoms with van der Waals surface area (Å²) < 4.78 is 20.1. The van der Waals surface area contributed by atoms with Crippen molar-refractivity contribution in [3.8, 4) is 5.75 Å². The van der Waals surface area contributed by atoms with Crippen LogP contribution in [0.4, 0.5) is 10.1 Å². The number of rotatable bonds is 2. The van der Waals surface area contributed by atoms with Gasteiger partial charge >= 0.3 is 5.97 Å². The van der Waals surface area contributed by atoms with Crippen LogP contribution in [0.5, 0.6) is 5.75 Å². The number of nitrogens with zero attached hydrogens (tertiary/aromatic N) is 2. The van der Waals surface area contributed by atoms with Crippen LogP contribution in [-0.4, -0.2) is 27.7 Å². The average Bonchev–Trinajstić information content (AvgIpc) is 2.81. The Morgan fingerprint density at radius 3 is 2.96 bits per heavy atom. The molecule has 1 aromatic carbocycles. The van der Waals surface area contributed by atoms with Gasteiger partial charge in [0.05, 0.1) is 26.8 Å². The normalized spacial score (nSPS) is 16.0. The molecule has 0 saturated carbocycles. The number of hydrogen-bond acceptors (Lipinski definition) is 5. The summed E-state index contributed by atoms with van der Waals surface area (Å²) in [4.78, 5) is 20.0. The highest BCUT2D eigenvalue weighted by Crippen LogP contribution is 2.43. The molecule has 0 amide bonds. The van der Waals surface area contributed by atoms with Crippen LogP contribution in [-0.2, 0) is 0 Å². The molecule has 4 rings (SSSR count). The largest absolute Gasteiger partial charge is 0.489 e. The van der Waals surface area contributed by atoms with E-state index in [1.807, 2.05) is 12.1 Å². The number of aromatic carboxylic acids is 1. The molecular weight excluding hydrogens is 393 g/mol. The minimum atomic E-state index is -1.13. The van der Waals surface area contributed by atoms with Gasteiger partial charge in [0.1, 0.15) is 29.8 Å². The number of hydrogen-bond donors (Lipinski definition) is 2. The van der Waals surface area contributed by atoms with E-state index in [1.54, 1.807) is 12.3 Å². The van der Waals surface area contributed by atoms with Crippen LogP contribution in [0.15, 0.2) is 41.1 Å². The highest BCUT2D eigenvalue weighted by atomic mass is 79.9. The molecule has 0 fully saturated rings. The van der Waals surface area contributed by atoms with Crippen molar-refractivity contribution in [2.45, 2.75) is 6.04 Å². The van der Waals surface area contributed by atoms with E-state index in [1.165, 1.54) is 12.3 Å². The molecule has 25 heavy (non-hydrogen) atoms. The average molecular weight is 404 g/mol. The van der Waals surface area contributed by atoms with Crippen LogP contribution < -0.4 is 10.1 Å². The van der Waals surface area contributed by atoms with E-state index in [4.69, 9.17) is 4.74 Å². The molecule has 2 aromatic heterocycles. The molecule has 6 nitrogen and oxygen atoms in total. The zero-order chi connectivity index (χ0) is 17.6. The zero-order valence-electron chi connectivity index (χ0n) is 12.7. The summed E-state index contributed by atoms with van der Waals surface area (Å²) in [6, 6.07) is 6.27. The van der Waals surface area contributed by atoms with Crippen molar-refractivity contribution in [2.75, 3.05) is 11.9 Å². The number of ether oxygens (including phenoxy) is 1. The van der Waals surface area contributed by atoms with Gasteiger partial charge in [-0.1, -0.05) is 6.07 Å². The lowest BCUT2D eigenvalue weighted by molar-refractivity contribution is 0.0697. The van der Waals surface area contributed by atoms with Crippen molar-refractivity contribution < 1.29 is 19.0 Å². The molecule has 1 aliphatic heterocycles. The number of pyridine rings is 2. The monoisotopic (exact) mass is 403 g/mol. The van der Waals surface area contributed by atoms with E-state index in [2.05, 4.69) is 31.2 Å². The Kier molecular flexibility index (Phi) is 3.76. The second-order valence-corrected chi connectivity index (χ2v) is 6.30. The summed E-state index contributed by atoms with van der Waals surface area (Å²) in [6.07, 6.45) is 2.86. The summed E-state index contributed by atoms with van der Waals surface area (Å²) in [5.74, 6) is -1.43. The molecule has 1 aliphatic rings. The van der Waals surface area contributed by atoms with Crippen LogP contribution in [0.2, 0.25) is 0 Å². The number of halogens is 2. The first-order chi connectivity index (χ1) is 12.1. The molecular formula is C17H11BrFN3O3. The molecule has 0 radical (unpaired) electrons. The third kappa shape index (κ3) is 2.58. The molecule has 0 spiro atoms. The third-order valence-electron chi connectivity index (χ3n) is 4.00. The topological polar surface area (TPSA) is 84.3 Å². The van der Waals surface area contributed by atoms with Gasteiger partial charge in [0, 0.05) is 18.5 Å². The summed E-state index contributed by atoms with van der Waals surface area (Å²) in [7, 11) is 0. The van der Waals surface area contributed by atoms with Crippen molar-refractivity contribution in [2.24, 2.45) is 0 Å². The lowest BCUT2D eigenvalue weighted by Crippen LogP contribution is -2.19. The fourth-order valence-electron chi connectivity index (χ4n) is 2.84. The fourth-order valence-corrected chi connectivity index (χ4v) is 3.27. The van der Waals surface area contributed by atoms with Crippen LogP contribution in [0.3, 0.4) is 0 Å². The SMILES string of the molecule is O=C(O)c1cnc2cc(F)c(Br)c3c2c1NC(c1ccccn1)CO3. The van der Waals surface area contributed by atoms with Crippen molar-refractivity contribution in [1.29, 1.82) is 0 Å². The Morgan fingerprint density at radius 1 is 1.40 bits per heavy atom. The maximum Gasteiger partial charge on any atom is 0.339 e. The van der Waals surface area contributed by atoms with Crippen LogP contribution >= 0.6 is 15.9 Å². The quantitative estimate of drug-likeness (QED) is 0.677. The van der Waals surface area contributed by atoms with Crippen molar-refractivity contribution in [1.82, 2.24) is 9.97 Å². The molecule has 2 N–H and O–H groups in total. The van der Waals surface area contributed by atoms with Gasteiger partial charge in [-0.15, -0.1) is 0 Å². The molecule has 0 aliphatic carbocycles. The Bertz CT molecular complexity index is 998. The first-order valence-corrected chi connectivity index (χ1v) is 8.20. The molecule has 3 heterocycles. The summed E-state index contributed by atoms with van der Waals surface area (Å²) in [6.45, 7) is 0.155. The summed E-state index contributed by atoms with van der Waals surface area (Å²) >= 11 is 3.18. The highest BCUT2D eigenvalue weighted by Gasteiger charge is 2.28. The van der Waals surface area contributed by atoms with E-state index >= 15 is 0 Å². The van der Waals surface area contributed by atoms with Gasteiger partial charge in [-0.25, -0.2) is 9.18 Å². The number of anilines is 1. The van der Waals surface area contributed by atoms with Gasteiger partial charge in [0.15, 0.2) is 0 Å². The van der Waals surface area contributed by atoms with Gasteiger partial charge < -0.3 is 15.2 Å². The van der Waals surface area contributed by atoms with Gasteiger partial charge in [0.25, 0.3) is 0 Å². The van der Waals surface area contributed by atoms with E-state index in [9.17, 15) is 14.3 Å². The van der Waals surface area contributed by atoms with Gasteiger partial charge in [0.2, 0.25) is 0 Å². The highest BCUT2D eigenvalue weighted by molar-refractivity contribution is 9.10. The minimum Gasteiger partial charge on any atom is -0.489 e. The lowest BCUT2D eigenvalue weighted by Gasteiger charge is -2.17. The number of benzene rings is 1. The molecule has 126 valence electrons. The van der Waals surface area contributed by atoms with Crippen molar-refractivity contribution >= 4 is 38.5 Å². The number of aromatic nitrogens is 2. The summed E-state index contributed by atoms with van der Waals surface area (Å²) in [5.41, 5.74) is 1.32. The van der Waals surface area contributed by atoms with Crippen molar-refractivity contribution in [3.05, 3.63) is 58.2 Å². The second kappa shape index (κ2) is 5.96. The van der Waals surface area contributed by atoms with E-state index < -0.39 is 17.8 Å². The van der Waals surface area contributed by atoms with Crippen LogP contribution in [0.25, 0.3) is 10.9 Å². The maximum absolute atomic E-state index is 14.1. The van der Waals surface area contributed by atoms with Crippen LogP contribution in [0.1, 0.15) is 22.1 Å². The van der Waals surface area contributed by atoms with E-state index in [0.29, 0.717) is 22.3 Å². The summed E-state index contributed by atoms with van der Waals surface area (Å²) in [5, 5.41) is 13.1. The predicted molar refractivity (Wildman–Crippen MR) is 92.5 cm³/mol. The Labute approximate surface area is 149 Å². The molecule has 1 unspecified atom stereocenters. The third-order valence-corrected chi connectivity index (χ3v) is 4.73. The Hall–Kier alpha value is -2.74. The smallest absolute Gasteiger partial charge is 0.339 e. The molecule has 0 bridgehead atoms. The number of carbonyl (C=O) groups is 1. The van der Waals surface area contributed by atoms with Gasteiger partial charge in [-0.05, 0) is 28.1 Å². The maximum atomic E-state index is 14.1. The number of carboxylic acids is 1. The number of nitrogens with one attached hydrogen (secondary N) is 1. The first kappa shape index (κ1) is 15.8. The number of carboxylic acid groups (broad SMARTS) is 1. The molecule has 3 aromatic rings. The minimum absolute atomic E-state index is 0.0151. The predicted octanol–water partition coefficient (Wildman–Crippen LogP) is 3.78. The Balaban J connectivity index is 1.98. The Morgan fingerprint density at radius 2 is 2.24 bits per heavy atom. The fraction of sp³-hybridized carbons (Fsp3) is 0.118. The van der Waals surface area contributed by atoms with E-state index in [-0.39, 0.29) is 22.4 Å². The molecule has 0 saturated heterocycles. The zero-order valence-corrected chi connectivity index (χ0v) is 14.2. The lowest BCUT2D eigenvalue weighted by atomic mass is 10.1. The standard InChI is InChI=1S/C17H11BrFN3O3/c18-14-9(19)5-11-13-15(8(6-21-11)17(23)24)22-12(7-25-16(13)14)10-3-1-2-4-20-10/h1-6,12,22H,7H2,(H,23,24). The first-order valence-electron chi connectivity index (χ1n) is 7.40. The molecule has 1 atom stereocenters.